The number of para-hydroxylation sites is 1. The van der Waals surface area contributed by atoms with Crippen LogP contribution in [0.2, 0.25) is 0 Å². The number of methoxy groups -OCH3 is 1. The van der Waals surface area contributed by atoms with Crippen LogP contribution >= 0.6 is 0 Å². The third-order valence-electron chi connectivity index (χ3n) is 2.09. The molecule has 0 saturated heterocycles. The van der Waals surface area contributed by atoms with Gasteiger partial charge in [0.2, 0.25) is 0 Å². The maximum absolute atomic E-state index is 9.16. The monoisotopic (exact) mass is 208 g/mol. The van der Waals surface area contributed by atoms with E-state index in [2.05, 4.69) is 6.58 Å². The second-order valence-electron chi connectivity index (χ2n) is 3.17. The van der Waals surface area contributed by atoms with E-state index in [0.29, 0.717) is 17.1 Å². The summed E-state index contributed by atoms with van der Waals surface area (Å²) in [5, 5.41) is 9.16. The Kier molecular flexibility index (Phi) is 4.18. The molecule has 1 rings (SSSR count). The van der Waals surface area contributed by atoms with Gasteiger partial charge in [-0.1, -0.05) is 24.8 Å². The lowest BCUT2D eigenvalue weighted by Crippen LogP contribution is -2.10. The van der Waals surface area contributed by atoms with Gasteiger partial charge in [-0.15, -0.1) is 0 Å². The summed E-state index contributed by atoms with van der Waals surface area (Å²) in [7, 11) is 1.57. The van der Waals surface area contributed by atoms with Gasteiger partial charge in [0.25, 0.3) is 0 Å². The summed E-state index contributed by atoms with van der Waals surface area (Å²) in [5.41, 5.74) is 0.711. The van der Waals surface area contributed by atoms with Gasteiger partial charge in [0.15, 0.2) is 11.5 Å². The van der Waals surface area contributed by atoms with E-state index >= 15 is 0 Å². The fraction of sp³-hybridized carbons (Fsp3) is 0.333. The van der Waals surface area contributed by atoms with Gasteiger partial charge in [0, 0.05) is 5.56 Å². The molecule has 0 fully saturated rings. The van der Waals surface area contributed by atoms with Crippen LogP contribution in [0.3, 0.4) is 0 Å². The zero-order chi connectivity index (χ0) is 11.3. The molecule has 0 amide bonds. The Morgan fingerprint density at radius 1 is 1.53 bits per heavy atom. The van der Waals surface area contributed by atoms with Gasteiger partial charge >= 0.3 is 0 Å². The van der Waals surface area contributed by atoms with E-state index in [1.807, 2.05) is 13.0 Å². The third kappa shape index (κ3) is 2.73. The van der Waals surface area contributed by atoms with E-state index in [-0.39, 0.29) is 12.7 Å². The minimum absolute atomic E-state index is 0.0730. The van der Waals surface area contributed by atoms with Gasteiger partial charge in [-0.05, 0) is 13.0 Å². The Morgan fingerprint density at radius 2 is 2.27 bits per heavy atom. The molecule has 1 unspecified atom stereocenters. The van der Waals surface area contributed by atoms with Crippen LogP contribution in [0.15, 0.2) is 30.9 Å². The molecule has 0 aliphatic carbocycles. The summed E-state index contributed by atoms with van der Waals surface area (Å²) in [6.45, 7) is 5.44. The van der Waals surface area contributed by atoms with Crippen LogP contribution in [-0.2, 0) is 6.61 Å². The second kappa shape index (κ2) is 5.41. The van der Waals surface area contributed by atoms with Crippen molar-refractivity contribution in [2.45, 2.75) is 19.6 Å². The molecule has 3 nitrogen and oxygen atoms in total. The largest absolute Gasteiger partial charge is 0.493 e. The molecule has 1 N–H and O–H groups in total. The first-order chi connectivity index (χ1) is 7.22. The minimum atomic E-state index is -0.119. The molecule has 0 spiro atoms. The van der Waals surface area contributed by atoms with Gasteiger partial charge in [0.05, 0.1) is 13.7 Å². The summed E-state index contributed by atoms with van der Waals surface area (Å²) < 4.78 is 10.8. The summed E-state index contributed by atoms with van der Waals surface area (Å²) in [6.07, 6.45) is 1.57. The highest BCUT2D eigenvalue weighted by Gasteiger charge is 2.11. The van der Waals surface area contributed by atoms with Gasteiger partial charge in [-0.3, -0.25) is 0 Å². The normalized spacial score (nSPS) is 11.9. The first-order valence-electron chi connectivity index (χ1n) is 4.78. The van der Waals surface area contributed by atoms with Crippen molar-refractivity contribution in [2.24, 2.45) is 0 Å². The van der Waals surface area contributed by atoms with E-state index in [0.717, 1.165) is 0 Å². The molecule has 0 aromatic heterocycles. The number of aliphatic hydroxyl groups is 1. The van der Waals surface area contributed by atoms with Crippen molar-refractivity contribution in [3.05, 3.63) is 36.4 Å². The average Bonchev–Trinajstić information content (AvgIpc) is 2.29. The number of aliphatic hydroxyl groups excluding tert-OH is 1. The highest BCUT2D eigenvalue weighted by Crippen LogP contribution is 2.31. The molecule has 15 heavy (non-hydrogen) atoms. The van der Waals surface area contributed by atoms with Gasteiger partial charge in [0.1, 0.15) is 6.10 Å². The van der Waals surface area contributed by atoms with Crippen molar-refractivity contribution in [3.8, 4) is 11.5 Å². The van der Waals surface area contributed by atoms with Crippen molar-refractivity contribution in [3.63, 3.8) is 0 Å². The van der Waals surface area contributed by atoms with Crippen molar-refractivity contribution < 1.29 is 14.6 Å². The third-order valence-corrected chi connectivity index (χ3v) is 2.09. The lowest BCUT2D eigenvalue weighted by atomic mass is 10.2. The molecule has 0 heterocycles. The topological polar surface area (TPSA) is 38.7 Å². The predicted molar refractivity (Wildman–Crippen MR) is 59.2 cm³/mol. The lowest BCUT2D eigenvalue weighted by Gasteiger charge is -2.16. The molecule has 1 atom stereocenters. The van der Waals surface area contributed by atoms with Gasteiger partial charge < -0.3 is 14.6 Å². The predicted octanol–water partition coefficient (Wildman–Crippen LogP) is 2.14. The number of benzene rings is 1. The van der Waals surface area contributed by atoms with E-state index in [1.165, 1.54) is 0 Å². The molecular weight excluding hydrogens is 192 g/mol. The van der Waals surface area contributed by atoms with Crippen LogP contribution in [0.5, 0.6) is 11.5 Å². The van der Waals surface area contributed by atoms with Crippen molar-refractivity contribution in [2.75, 3.05) is 7.11 Å². The Labute approximate surface area is 90.0 Å². The number of hydrogen-bond acceptors (Lipinski definition) is 3. The van der Waals surface area contributed by atoms with Crippen LogP contribution in [0, 0.1) is 0 Å². The first-order valence-corrected chi connectivity index (χ1v) is 4.78. The summed E-state index contributed by atoms with van der Waals surface area (Å²) in [5.74, 6) is 1.20. The van der Waals surface area contributed by atoms with Gasteiger partial charge in [-0.25, -0.2) is 0 Å². The fourth-order valence-electron chi connectivity index (χ4n) is 1.21. The lowest BCUT2D eigenvalue weighted by molar-refractivity contribution is 0.233. The Morgan fingerprint density at radius 3 is 2.80 bits per heavy atom. The summed E-state index contributed by atoms with van der Waals surface area (Å²) in [6, 6.07) is 5.41. The van der Waals surface area contributed by atoms with Crippen LogP contribution in [-0.4, -0.2) is 18.3 Å². The number of ether oxygens (including phenoxy) is 2. The van der Waals surface area contributed by atoms with Crippen molar-refractivity contribution in [1.82, 2.24) is 0 Å². The zero-order valence-corrected chi connectivity index (χ0v) is 9.06. The maximum Gasteiger partial charge on any atom is 0.167 e. The standard InChI is InChI=1S/C12H16O3/c1-4-9(2)15-12-10(8-13)6-5-7-11(12)14-3/h4-7,9,13H,1,8H2,2-3H3. The minimum Gasteiger partial charge on any atom is -0.493 e. The van der Waals surface area contributed by atoms with Crippen LogP contribution < -0.4 is 9.47 Å². The molecule has 1 aromatic rings. The van der Waals surface area contributed by atoms with E-state index in [4.69, 9.17) is 14.6 Å². The van der Waals surface area contributed by atoms with E-state index in [1.54, 1.807) is 25.3 Å². The van der Waals surface area contributed by atoms with E-state index in [9.17, 15) is 0 Å². The maximum atomic E-state index is 9.16. The Hall–Kier alpha value is -1.48. The quantitative estimate of drug-likeness (QED) is 0.753. The summed E-state index contributed by atoms with van der Waals surface area (Å²) in [4.78, 5) is 0. The molecule has 0 radical (unpaired) electrons. The number of hydrogen-bond donors (Lipinski definition) is 1. The average molecular weight is 208 g/mol. The molecule has 82 valence electrons. The number of rotatable bonds is 5. The van der Waals surface area contributed by atoms with Crippen LogP contribution in [0.1, 0.15) is 12.5 Å². The smallest absolute Gasteiger partial charge is 0.167 e. The van der Waals surface area contributed by atoms with Crippen molar-refractivity contribution >= 4 is 0 Å². The highest BCUT2D eigenvalue weighted by atomic mass is 16.5. The molecule has 0 aliphatic rings. The van der Waals surface area contributed by atoms with E-state index < -0.39 is 0 Å². The molecule has 0 saturated carbocycles. The SMILES string of the molecule is C=CC(C)Oc1c(CO)cccc1OC. The molecule has 3 heteroatoms. The second-order valence-corrected chi connectivity index (χ2v) is 3.17. The fourth-order valence-corrected chi connectivity index (χ4v) is 1.21. The van der Waals surface area contributed by atoms with Crippen LogP contribution in [0.4, 0.5) is 0 Å². The molecular formula is C12H16O3. The highest BCUT2D eigenvalue weighted by molar-refractivity contribution is 5.46. The molecule has 0 bridgehead atoms. The zero-order valence-electron chi connectivity index (χ0n) is 9.06. The Balaban J connectivity index is 3.04. The van der Waals surface area contributed by atoms with Gasteiger partial charge in [-0.2, -0.15) is 0 Å². The van der Waals surface area contributed by atoms with Crippen LogP contribution in [0.25, 0.3) is 0 Å². The first kappa shape index (κ1) is 11.6. The Bertz CT molecular complexity index is 311. The summed E-state index contributed by atoms with van der Waals surface area (Å²) >= 11 is 0. The molecule has 1 aromatic carbocycles. The van der Waals surface area contributed by atoms with Crippen molar-refractivity contribution in [1.29, 1.82) is 0 Å². The molecule has 0 aliphatic heterocycles.